The molecule has 1 aromatic carbocycles. The van der Waals surface area contributed by atoms with Crippen LogP contribution in [0.5, 0.6) is 0 Å². The average Bonchev–Trinajstić information content (AvgIpc) is 2.87. The lowest BCUT2D eigenvalue weighted by molar-refractivity contribution is 0.0187. The van der Waals surface area contributed by atoms with E-state index in [1.807, 2.05) is 0 Å². The lowest BCUT2D eigenvalue weighted by Gasteiger charge is -2.27. The Balaban J connectivity index is 1.74. The maximum atomic E-state index is 5.86. The van der Waals surface area contributed by atoms with Gasteiger partial charge < -0.3 is 15.8 Å². The molecule has 0 amide bonds. The Bertz CT molecular complexity index is 360. The number of hydrogen-bond donors (Lipinski definition) is 2. The fraction of sp³-hybridized carbons (Fsp3) is 0.625. The molecule has 19 heavy (non-hydrogen) atoms. The van der Waals surface area contributed by atoms with Crippen molar-refractivity contribution in [1.29, 1.82) is 0 Å². The van der Waals surface area contributed by atoms with Gasteiger partial charge >= 0.3 is 0 Å². The second kappa shape index (κ2) is 7.04. The van der Waals surface area contributed by atoms with Crippen LogP contribution in [0.1, 0.15) is 31.7 Å². The fourth-order valence-corrected chi connectivity index (χ4v) is 2.63. The lowest BCUT2D eigenvalue weighted by Crippen LogP contribution is -2.45. The van der Waals surface area contributed by atoms with Crippen LogP contribution >= 0.6 is 0 Å². The molecule has 0 spiro atoms. The molecule has 3 nitrogen and oxygen atoms in total. The highest BCUT2D eigenvalue weighted by Crippen LogP contribution is 2.24. The highest BCUT2D eigenvalue weighted by Gasteiger charge is 2.29. The number of hydrogen-bond acceptors (Lipinski definition) is 3. The first-order valence-electron chi connectivity index (χ1n) is 7.33. The minimum atomic E-state index is 0.0141. The molecule has 0 aliphatic carbocycles. The first-order valence-corrected chi connectivity index (χ1v) is 7.33. The molecule has 3 N–H and O–H groups in total. The zero-order valence-electron chi connectivity index (χ0n) is 11.9. The van der Waals surface area contributed by atoms with Gasteiger partial charge in [-0.1, -0.05) is 30.3 Å². The number of ether oxygens (including phenoxy) is 1. The summed E-state index contributed by atoms with van der Waals surface area (Å²) in [7, 11) is 0. The molecule has 1 aromatic rings. The smallest absolute Gasteiger partial charge is 0.0779 e. The standard InChI is InChI=1S/C16H26N2O/c1-16(10-5-11-19-16)13-18-15(12-17)9-8-14-6-3-2-4-7-14/h2-4,6-7,15,18H,5,8-13,17H2,1H3. The van der Waals surface area contributed by atoms with E-state index in [9.17, 15) is 0 Å². The molecule has 1 aliphatic rings. The van der Waals surface area contributed by atoms with Crippen molar-refractivity contribution in [3.8, 4) is 0 Å². The van der Waals surface area contributed by atoms with Crippen LogP contribution in [0.4, 0.5) is 0 Å². The Morgan fingerprint density at radius 3 is 2.79 bits per heavy atom. The maximum Gasteiger partial charge on any atom is 0.0779 e. The highest BCUT2D eigenvalue weighted by atomic mass is 16.5. The molecule has 0 bridgehead atoms. The summed E-state index contributed by atoms with van der Waals surface area (Å²) in [6, 6.07) is 11.0. The molecule has 0 radical (unpaired) electrons. The summed E-state index contributed by atoms with van der Waals surface area (Å²) in [6.07, 6.45) is 4.48. The van der Waals surface area contributed by atoms with Crippen molar-refractivity contribution in [2.45, 2.75) is 44.2 Å². The van der Waals surface area contributed by atoms with E-state index < -0.39 is 0 Å². The number of rotatable bonds is 7. The summed E-state index contributed by atoms with van der Waals surface area (Å²) in [5, 5.41) is 3.57. The van der Waals surface area contributed by atoms with Crippen molar-refractivity contribution in [1.82, 2.24) is 5.32 Å². The van der Waals surface area contributed by atoms with Crippen molar-refractivity contribution >= 4 is 0 Å². The van der Waals surface area contributed by atoms with Crippen LogP contribution in [0, 0.1) is 0 Å². The highest BCUT2D eigenvalue weighted by molar-refractivity contribution is 5.14. The van der Waals surface area contributed by atoms with Crippen LogP contribution in [-0.4, -0.2) is 31.3 Å². The third kappa shape index (κ3) is 4.60. The number of benzene rings is 1. The molecule has 1 heterocycles. The molecule has 0 aromatic heterocycles. The van der Waals surface area contributed by atoms with Crippen LogP contribution < -0.4 is 11.1 Å². The Kier molecular flexibility index (Phi) is 5.37. The Morgan fingerprint density at radius 2 is 2.16 bits per heavy atom. The normalized spacial score (nSPS) is 24.5. The molecule has 106 valence electrons. The summed E-state index contributed by atoms with van der Waals surface area (Å²) in [4.78, 5) is 0. The summed E-state index contributed by atoms with van der Waals surface area (Å²) in [6.45, 7) is 4.68. The lowest BCUT2D eigenvalue weighted by atomic mass is 10.0. The van der Waals surface area contributed by atoms with Crippen molar-refractivity contribution < 1.29 is 4.74 Å². The molecule has 1 fully saturated rings. The monoisotopic (exact) mass is 262 g/mol. The predicted molar refractivity (Wildman–Crippen MR) is 79.2 cm³/mol. The molecule has 0 saturated carbocycles. The van der Waals surface area contributed by atoms with Crippen molar-refractivity contribution in [2.75, 3.05) is 19.7 Å². The van der Waals surface area contributed by atoms with Crippen LogP contribution in [0.3, 0.4) is 0 Å². The van der Waals surface area contributed by atoms with E-state index in [0.717, 1.165) is 32.4 Å². The van der Waals surface area contributed by atoms with Crippen LogP contribution in [-0.2, 0) is 11.2 Å². The average molecular weight is 262 g/mol. The molecular weight excluding hydrogens is 236 g/mol. The van der Waals surface area contributed by atoms with Gasteiger partial charge in [-0.25, -0.2) is 0 Å². The van der Waals surface area contributed by atoms with Gasteiger partial charge in [0, 0.05) is 25.7 Å². The van der Waals surface area contributed by atoms with Gasteiger partial charge in [-0.15, -0.1) is 0 Å². The number of aryl methyl sites for hydroxylation is 1. The number of nitrogens with one attached hydrogen (secondary N) is 1. The topological polar surface area (TPSA) is 47.3 Å². The molecule has 1 saturated heterocycles. The zero-order chi connectivity index (χ0) is 13.6. The molecule has 3 heteroatoms. The van der Waals surface area contributed by atoms with Gasteiger partial charge in [-0.2, -0.15) is 0 Å². The van der Waals surface area contributed by atoms with E-state index in [2.05, 4.69) is 42.6 Å². The van der Waals surface area contributed by atoms with Crippen LogP contribution in [0.15, 0.2) is 30.3 Å². The third-order valence-corrected chi connectivity index (χ3v) is 3.97. The van der Waals surface area contributed by atoms with E-state index in [1.54, 1.807) is 0 Å². The Morgan fingerprint density at radius 1 is 1.37 bits per heavy atom. The Labute approximate surface area is 116 Å². The van der Waals surface area contributed by atoms with Gasteiger partial charge in [0.05, 0.1) is 5.60 Å². The Hall–Kier alpha value is -0.900. The van der Waals surface area contributed by atoms with Gasteiger partial charge in [-0.3, -0.25) is 0 Å². The molecule has 2 atom stereocenters. The van der Waals surface area contributed by atoms with Gasteiger partial charge in [0.1, 0.15) is 0 Å². The van der Waals surface area contributed by atoms with E-state index in [0.29, 0.717) is 12.6 Å². The number of nitrogens with two attached hydrogens (primary N) is 1. The zero-order valence-corrected chi connectivity index (χ0v) is 11.9. The summed E-state index contributed by atoms with van der Waals surface area (Å²) in [5.41, 5.74) is 7.26. The van der Waals surface area contributed by atoms with Crippen LogP contribution in [0.25, 0.3) is 0 Å². The first-order chi connectivity index (χ1) is 9.22. The first kappa shape index (κ1) is 14.5. The summed E-state index contributed by atoms with van der Waals surface area (Å²) >= 11 is 0. The van der Waals surface area contributed by atoms with E-state index >= 15 is 0 Å². The van der Waals surface area contributed by atoms with Crippen molar-refractivity contribution in [3.05, 3.63) is 35.9 Å². The van der Waals surface area contributed by atoms with Crippen LogP contribution in [0.2, 0.25) is 0 Å². The molecule has 1 aliphatic heterocycles. The van der Waals surface area contributed by atoms with E-state index in [4.69, 9.17) is 10.5 Å². The third-order valence-electron chi connectivity index (χ3n) is 3.97. The maximum absolute atomic E-state index is 5.86. The SMILES string of the molecule is CC1(CNC(CN)CCc2ccccc2)CCCO1. The van der Waals surface area contributed by atoms with Gasteiger partial charge in [-0.05, 0) is 38.2 Å². The quantitative estimate of drug-likeness (QED) is 0.791. The van der Waals surface area contributed by atoms with Gasteiger partial charge in [0.2, 0.25) is 0 Å². The fourth-order valence-electron chi connectivity index (χ4n) is 2.63. The van der Waals surface area contributed by atoms with Gasteiger partial charge in [0.15, 0.2) is 0 Å². The largest absolute Gasteiger partial charge is 0.374 e. The predicted octanol–water partition coefficient (Wildman–Crippen LogP) is 2.11. The van der Waals surface area contributed by atoms with Crippen molar-refractivity contribution in [3.63, 3.8) is 0 Å². The minimum Gasteiger partial charge on any atom is -0.374 e. The molecular formula is C16H26N2O. The molecule has 2 rings (SSSR count). The van der Waals surface area contributed by atoms with Gasteiger partial charge in [0.25, 0.3) is 0 Å². The van der Waals surface area contributed by atoms with E-state index in [1.165, 1.54) is 12.0 Å². The van der Waals surface area contributed by atoms with E-state index in [-0.39, 0.29) is 5.60 Å². The molecule has 2 unspecified atom stereocenters. The summed E-state index contributed by atoms with van der Waals surface area (Å²) in [5.74, 6) is 0. The summed E-state index contributed by atoms with van der Waals surface area (Å²) < 4.78 is 5.79. The second-order valence-corrected chi connectivity index (χ2v) is 5.74. The minimum absolute atomic E-state index is 0.0141. The second-order valence-electron chi connectivity index (χ2n) is 5.74. The van der Waals surface area contributed by atoms with Crippen molar-refractivity contribution in [2.24, 2.45) is 5.73 Å².